The molecule has 0 aromatic heterocycles. The van der Waals surface area contributed by atoms with E-state index in [4.69, 9.17) is 0 Å². The molecule has 3 aliphatic rings. The van der Waals surface area contributed by atoms with Crippen LogP contribution >= 0.6 is 63.7 Å². The van der Waals surface area contributed by atoms with Crippen LogP contribution in [0.3, 0.4) is 0 Å². The summed E-state index contributed by atoms with van der Waals surface area (Å²) in [5, 5.41) is 0. The molecule has 3 rings (SSSR count). The zero-order chi connectivity index (χ0) is 10.6. The smallest absolute Gasteiger partial charge is 0.0948 e. The molecule has 0 nitrogen and oxygen atoms in total. The van der Waals surface area contributed by atoms with Crippen LogP contribution in [0.25, 0.3) is 0 Å². The molecule has 3 saturated carbocycles. The van der Waals surface area contributed by atoms with E-state index < -0.39 is 0 Å². The standard InChI is InChI=1S/C10H8Br4/c1-5-7(3-9(7,11)12)6(2)8(5)4-10(8,13)14/h1-4H2. The van der Waals surface area contributed by atoms with Gasteiger partial charge in [0.15, 0.2) is 0 Å². The minimum absolute atomic E-state index is 0.0328. The van der Waals surface area contributed by atoms with Gasteiger partial charge in [0.05, 0.1) is 6.47 Å². The molecule has 0 amide bonds. The van der Waals surface area contributed by atoms with E-state index in [-0.39, 0.29) is 17.3 Å². The first-order chi connectivity index (χ1) is 6.22. The topological polar surface area (TPSA) is 0 Å². The largest absolute Gasteiger partial charge is 0.0979 e. The van der Waals surface area contributed by atoms with Crippen LogP contribution in [0.2, 0.25) is 0 Å². The minimum Gasteiger partial charge on any atom is -0.0979 e. The third-order valence-corrected chi connectivity index (χ3v) is 7.86. The van der Waals surface area contributed by atoms with Crippen molar-refractivity contribution in [3.8, 4) is 0 Å². The van der Waals surface area contributed by atoms with Crippen LogP contribution in [-0.2, 0) is 0 Å². The Hall–Kier alpha value is 1.40. The molecule has 0 aromatic carbocycles. The van der Waals surface area contributed by atoms with Gasteiger partial charge in [-0.2, -0.15) is 0 Å². The Morgan fingerprint density at radius 1 is 0.786 bits per heavy atom. The van der Waals surface area contributed by atoms with Crippen molar-refractivity contribution in [3.05, 3.63) is 24.3 Å². The van der Waals surface area contributed by atoms with Gasteiger partial charge in [-0.3, -0.25) is 0 Å². The molecule has 3 aliphatic carbocycles. The van der Waals surface area contributed by atoms with E-state index in [9.17, 15) is 0 Å². The number of hydrogen-bond donors (Lipinski definition) is 0. The second-order valence-electron chi connectivity index (χ2n) is 4.53. The summed E-state index contributed by atoms with van der Waals surface area (Å²) in [5.74, 6) is 0. The molecule has 14 heavy (non-hydrogen) atoms. The Labute approximate surface area is 117 Å². The molecule has 3 fully saturated rings. The lowest BCUT2D eigenvalue weighted by Gasteiger charge is -2.46. The van der Waals surface area contributed by atoms with Crippen molar-refractivity contribution in [2.24, 2.45) is 10.8 Å². The highest BCUT2D eigenvalue weighted by atomic mass is 79.9. The Bertz CT molecular complexity index is 341. The van der Waals surface area contributed by atoms with Crippen LogP contribution < -0.4 is 0 Å². The molecule has 2 spiro atoms. The zero-order valence-corrected chi connectivity index (χ0v) is 13.7. The first-order valence-electron chi connectivity index (χ1n) is 4.38. The molecule has 76 valence electrons. The molecule has 0 radical (unpaired) electrons. The second-order valence-corrected chi connectivity index (χ2v) is 12.1. The summed E-state index contributed by atoms with van der Waals surface area (Å²) < 4.78 is 0.0656. The van der Waals surface area contributed by atoms with Crippen LogP contribution in [0, 0.1) is 10.8 Å². The highest BCUT2D eigenvalue weighted by Crippen LogP contribution is 2.93. The summed E-state index contributed by atoms with van der Waals surface area (Å²) in [6.07, 6.45) is 2.16. The number of alkyl halides is 4. The predicted molar refractivity (Wildman–Crippen MR) is 73.6 cm³/mol. The highest BCUT2D eigenvalue weighted by molar-refractivity contribution is 9.26. The van der Waals surface area contributed by atoms with Crippen LogP contribution in [-0.4, -0.2) is 6.47 Å². The molecule has 0 aliphatic heterocycles. The lowest BCUT2D eigenvalue weighted by molar-refractivity contribution is 0.421. The Morgan fingerprint density at radius 2 is 1.00 bits per heavy atom. The van der Waals surface area contributed by atoms with E-state index in [2.05, 4.69) is 76.9 Å². The molecular formula is C10H8Br4. The maximum Gasteiger partial charge on any atom is 0.0948 e. The third-order valence-electron chi connectivity index (χ3n) is 4.03. The van der Waals surface area contributed by atoms with Gasteiger partial charge in [-0.25, -0.2) is 0 Å². The summed E-state index contributed by atoms with van der Waals surface area (Å²) in [6, 6.07) is 0. The van der Waals surface area contributed by atoms with E-state index in [0.717, 1.165) is 12.8 Å². The van der Waals surface area contributed by atoms with Gasteiger partial charge in [-0.15, -0.1) is 0 Å². The van der Waals surface area contributed by atoms with Crippen molar-refractivity contribution in [2.45, 2.75) is 19.3 Å². The molecule has 0 atom stereocenters. The van der Waals surface area contributed by atoms with E-state index in [1.54, 1.807) is 0 Å². The summed E-state index contributed by atoms with van der Waals surface area (Å²) in [5.41, 5.74) is 2.88. The maximum absolute atomic E-state index is 4.25. The number of rotatable bonds is 0. The summed E-state index contributed by atoms with van der Waals surface area (Å²) >= 11 is 14.7. The lowest BCUT2D eigenvalue weighted by Crippen LogP contribution is -2.40. The fourth-order valence-electron chi connectivity index (χ4n) is 2.92. The first kappa shape index (κ1) is 10.5. The molecule has 0 heterocycles. The SMILES string of the molecule is C=C1C2(CC2(Br)Br)C(=C)C12CC2(Br)Br. The van der Waals surface area contributed by atoms with Gasteiger partial charge in [-0.1, -0.05) is 88.0 Å². The van der Waals surface area contributed by atoms with E-state index in [1.807, 2.05) is 0 Å². The quantitative estimate of drug-likeness (QED) is 0.367. The number of halogens is 4. The van der Waals surface area contributed by atoms with Crippen LogP contribution in [0.1, 0.15) is 12.8 Å². The molecule has 0 aromatic rings. The summed E-state index contributed by atoms with van der Waals surface area (Å²) in [4.78, 5) is 0. The summed E-state index contributed by atoms with van der Waals surface area (Å²) in [7, 11) is 0. The Kier molecular flexibility index (Phi) is 1.75. The third kappa shape index (κ3) is 0.780. The van der Waals surface area contributed by atoms with Crippen LogP contribution in [0.5, 0.6) is 0 Å². The molecule has 0 unspecified atom stereocenters. The Balaban J connectivity index is 2.01. The highest BCUT2D eigenvalue weighted by Gasteiger charge is 2.88. The van der Waals surface area contributed by atoms with Crippen LogP contribution in [0.15, 0.2) is 24.3 Å². The average Bonchev–Trinajstić information content (AvgIpc) is 2.84. The zero-order valence-electron chi connectivity index (χ0n) is 7.34. The summed E-state index contributed by atoms with van der Waals surface area (Å²) in [6.45, 7) is 8.50. The van der Waals surface area contributed by atoms with Gasteiger partial charge in [-0.05, 0) is 12.8 Å². The van der Waals surface area contributed by atoms with Crippen molar-refractivity contribution in [2.75, 3.05) is 0 Å². The van der Waals surface area contributed by atoms with Gasteiger partial charge in [0.1, 0.15) is 0 Å². The van der Waals surface area contributed by atoms with Crippen molar-refractivity contribution >= 4 is 63.7 Å². The van der Waals surface area contributed by atoms with Crippen molar-refractivity contribution < 1.29 is 0 Å². The fourth-order valence-corrected chi connectivity index (χ4v) is 6.51. The molecule has 4 heteroatoms. The van der Waals surface area contributed by atoms with Crippen molar-refractivity contribution in [1.82, 2.24) is 0 Å². The van der Waals surface area contributed by atoms with E-state index in [0.29, 0.717) is 0 Å². The first-order valence-corrected chi connectivity index (χ1v) is 7.55. The average molecular weight is 448 g/mol. The monoisotopic (exact) mass is 444 g/mol. The van der Waals surface area contributed by atoms with Crippen molar-refractivity contribution in [1.29, 1.82) is 0 Å². The van der Waals surface area contributed by atoms with Gasteiger partial charge in [0, 0.05) is 10.8 Å². The lowest BCUT2D eigenvalue weighted by atomic mass is 9.60. The Morgan fingerprint density at radius 3 is 1.14 bits per heavy atom. The van der Waals surface area contributed by atoms with Crippen LogP contribution in [0.4, 0.5) is 0 Å². The van der Waals surface area contributed by atoms with Gasteiger partial charge in [0.25, 0.3) is 0 Å². The molecule has 0 N–H and O–H groups in total. The van der Waals surface area contributed by atoms with Gasteiger partial charge in [0.2, 0.25) is 0 Å². The van der Waals surface area contributed by atoms with Gasteiger partial charge >= 0.3 is 0 Å². The molecule has 0 saturated heterocycles. The molecule has 0 bridgehead atoms. The van der Waals surface area contributed by atoms with Crippen molar-refractivity contribution in [3.63, 3.8) is 0 Å². The predicted octanol–water partition coefficient (Wildman–Crippen LogP) is 4.86. The maximum atomic E-state index is 4.25. The fraction of sp³-hybridized carbons (Fsp3) is 0.600. The molecular weight excluding hydrogens is 440 g/mol. The number of allylic oxidation sites excluding steroid dienone is 2. The number of hydrogen-bond acceptors (Lipinski definition) is 0. The van der Waals surface area contributed by atoms with E-state index >= 15 is 0 Å². The van der Waals surface area contributed by atoms with E-state index in [1.165, 1.54) is 11.1 Å². The normalized spacial score (nSPS) is 50.9. The second kappa shape index (κ2) is 2.32. The van der Waals surface area contributed by atoms with Gasteiger partial charge < -0.3 is 0 Å². The minimum atomic E-state index is 0.0328.